The standard InChI is InChI=1S/C18H31NO2/c1-3-13-17(4-2)16-21-18(20)14-11-9-7-5-6-8-10-12-15-19/h3-4,13H,1-2,5-12,14-16,19H2/b17-13+. The van der Waals surface area contributed by atoms with E-state index in [9.17, 15) is 4.79 Å². The van der Waals surface area contributed by atoms with Crippen LogP contribution in [0.25, 0.3) is 0 Å². The van der Waals surface area contributed by atoms with Crippen LogP contribution in [0.4, 0.5) is 0 Å². The molecule has 0 unspecified atom stereocenters. The van der Waals surface area contributed by atoms with Gasteiger partial charge >= 0.3 is 5.97 Å². The largest absolute Gasteiger partial charge is 0.461 e. The van der Waals surface area contributed by atoms with Crippen molar-refractivity contribution in [2.45, 2.75) is 57.8 Å². The van der Waals surface area contributed by atoms with E-state index in [4.69, 9.17) is 10.5 Å². The molecular weight excluding hydrogens is 262 g/mol. The summed E-state index contributed by atoms with van der Waals surface area (Å²) in [5.41, 5.74) is 6.32. The number of nitrogens with two attached hydrogens (primary N) is 1. The second-order valence-electron chi connectivity index (χ2n) is 5.21. The van der Waals surface area contributed by atoms with Gasteiger partial charge in [0.1, 0.15) is 6.61 Å². The van der Waals surface area contributed by atoms with Gasteiger partial charge in [-0.1, -0.05) is 69.9 Å². The van der Waals surface area contributed by atoms with Crippen LogP contribution in [0, 0.1) is 0 Å². The van der Waals surface area contributed by atoms with Gasteiger partial charge in [-0.2, -0.15) is 0 Å². The first-order valence-electron chi connectivity index (χ1n) is 8.04. The van der Waals surface area contributed by atoms with E-state index in [0.29, 0.717) is 6.42 Å². The average molecular weight is 293 g/mol. The Hall–Kier alpha value is -1.35. The Labute approximate surface area is 129 Å². The number of unbranched alkanes of at least 4 members (excludes halogenated alkanes) is 7. The molecule has 0 spiro atoms. The molecule has 0 aromatic carbocycles. The number of hydrogen-bond donors (Lipinski definition) is 1. The molecule has 120 valence electrons. The minimum absolute atomic E-state index is 0.130. The van der Waals surface area contributed by atoms with Crippen molar-refractivity contribution in [1.29, 1.82) is 0 Å². The molecule has 0 aliphatic carbocycles. The van der Waals surface area contributed by atoms with Crippen LogP contribution in [0.2, 0.25) is 0 Å². The molecule has 0 aromatic rings. The lowest BCUT2D eigenvalue weighted by Gasteiger charge is -2.05. The smallest absolute Gasteiger partial charge is 0.306 e. The van der Waals surface area contributed by atoms with Crippen molar-refractivity contribution in [2.75, 3.05) is 13.2 Å². The molecule has 0 fully saturated rings. The minimum Gasteiger partial charge on any atom is -0.461 e. The normalized spacial score (nSPS) is 11.2. The molecule has 0 saturated heterocycles. The van der Waals surface area contributed by atoms with Crippen LogP contribution >= 0.6 is 0 Å². The summed E-state index contributed by atoms with van der Waals surface area (Å²) in [7, 11) is 0. The summed E-state index contributed by atoms with van der Waals surface area (Å²) in [5.74, 6) is -0.130. The average Bonchev–Trinajstić information content (AvgIpc) is 2.49. The maximum absolute atomic E-state index is 11.6. The van der Waals surface area contributed by atoms with E-state index in [2.05, 4.69) is 13.2 Å². The molecule has 0 aliphatic rings. The predicted octanol–water partition coefficient (Wildman–Crippen LogP) is 4.30. The highest BCUT2D eigenvalue weighted by Crippen LogP contribution is 2.10. The third-order valence-electron chi connectivity index (χ3n) is 3.33. The van der Waals surface area contributed by atoms with E-state index in [1.807, 2.05) is 0 Å². The second kappa shape index (κ2) is 15.0. The zero-order chi connectivity index (χ0) is 15.8. The first-order valence-corrected chi connectivity index (χ1v) is 8.04. The molecule has 0 rings (SSSR count). The van der Waals surface area contributed by atoms with Gasteiger partial charge < -0.3 is 10.5 Å². The van der Waals surface area contributed by atoms with Gasteiger partial charge in [0, 0.05) is 6.42 Å². The van der Waals surface area contributed by atoms with Crippen molar-refractivity contribution < 1.29 is 9.53 Å². The van der Waals surface area contributed by atoms with Gasteiger partial charge in [0.05, 0.1) is 0 Å². The Morgan fingerprint density at radius 1 is 0.952 bits per heavy atom. The number of ether oxygens (including phenoxy) is 1. The fraction of sp³-hybridized carbons (Fsp3) is 0.611. The molecular formula is C18H31NO2. The first-order chi connectivity index (χ1) is 10.2. The molecule has 0 radical (unpaired) electrons. The summed E-state index contributed by atoms with van der Waals surface area (Å²) in [6.07, 6.45) is 15.0. The number of rotatable bonds is 14. The number of carbonyl (C=O) groups is 1. The Morgan fingerprint density at radius 2 is 1.52 bits per heavy atom. The molecule has 0 atom stereocenters. The summed E-state index contributed by atoms with van der Waals surface area (Å²) in [5, 5.41) is 0. The minimum atomic E-state index is -0.130. The zero-order valence-corrected chi connectivity index (χ0v) is 13.3. The van der Waals surface area contributed by atoms with Crippen molar-refractivity contribution in [3.63, 3.8) is 0 Å². The summed E-state index contributed by atoms with van der Waals surface area (Å²) >= 11 is 0. The van der Waals surface area contributed by atoms with Crippen molar-refractivity contribution in [3.05, 3.63) is 37.0 Å². The van der Waals surface area contributed by atoms with Crippen LogP contribution in [0.3, 0.4) is 0 Å². The molecule has 0 bridgehead atoms. The first kappa shape index (κ1) is 19.7. The fourth-order valence-electron chi connectivity index (χ4n) is 2.04. The summed E-state index contributed by atoms with van der Waals surface area (Å²) in [6.45, 7) is 8.36. The SMILES string of the molecule is C=C/C=C(\C=C)COC(=O)CCCCCCCCCCN. The van der Waals surface area contributed by atoms with E-state index in [1.165, 1.54) is 32.1 Å². The topological polar surface area (TPSA) is 52.3 Å². The molecule has 0 saturated carbocycles. The van der Waals surface area contributed by atoms with Crippen molar-refractivity contribution in [2.24, 2.45) is 5.73 Å². The van der Waals surface area contributed by atoms with Gasteiger partial charge in [-0.25, -0.2) is 0 Å². The highest BCUT2D eigenvalue weighted by atomic mass is 16.5. The zero-order valence-electron chi connectivity index (χ0n) is 13.3. The second-order valence-corrected chi connectivity index (χ2v) is 5.21. The summed E-state index contributed by atoms with van der Waals surface area (Å²) in [6, 6.07) is 0. The van der Waals surface area contributed by atoms with Gasteiger partial charge in [-0.3, -0.25) is 4.79 Å². The lowest BCUT2D eigenvalue weighted by Crippen LogP contribution is -2.06. The molecule has 0 aromatic heterocycles. The molecule has 0 aliphatic heterocycles. The van der Waals surface area contributed by atoms with Crippen LogP contribution in [0.1, 0.15) is 57.8 Å². The van der Waals surface area contributed by atoms with Gasteiger partial charge in [0.15, 0.2) is 0 Å². The van der Waals surface area contributed by atoms with Crippen LogP contribution < -0.4 is 5.73 Å². The lowest BCUT2D eigenvalue weighted by molar-refractivity contribution is -0.142. The van der Waals surface area contributed by atoms with Gasteiger partial charge in [-0.15, -0.1) is 0 Å². The quantitative estimate of drug-likeness (QED) is 0.295. The predicted molar refractivity (Wildman–Crippen MR) is 90.0 cm³/mol. The maximum Gasteiger partial charge on any atom is 0.306 e. The Morgan fingerprint density at radius 3 is 2.05 bits per heavy atom. The van der Waals surface area contributed by atoms with E-state index in [0.717, 1.165) is 31.4 Å². The van der Waals surface area contributed by atoms with Crippen molar-refractivity contribution in [1.82, 2.24) is 0 Å². The van der Waals surface area contributed by atoms with E-state index >= 15 is 0 Å². The third kappa shape index (κ3) is 13.4. The summed E-state index contributed by atoms with van der Waals surface area (Å²) in [4.78, 5) is 11.6. The van der Waals surface area contributed by atoms with Gasteiger partial charge in [0.25, 0.3) is 0 Å². The number of hydrogen-bond acceptors (Lipinski definition) is 3. The molecule has 0 heterocycles. The van der Waals surface area contributed by atoms with Crippen LogP contribution in [-0.2, 0) is 9.53 Å². The Balaban J connectivity index is 3.43. The number of esters is 1. The molecule has 3 nitrogen and oxygen atoms in total. The lowest BCUT2D eigenvalue weighted by atomic mass is 10.1. The van der Waals surface area contributed by atoms with Gasteiger partial charge in [0.2, 0.25) is 0 Å². The fourth-order valence-corrected chi connectivity index (χ4v) is 2.04. The summed E-state index contributed by atoms with van der Waals surface area (Å²) < 4.78 is 5.18. The highest BCUT2D eigenvalue weighted by Gasteiger charge is 2.03. The van der Waals surface area contributed by atoms with E-state index in [-0.39, 0.29) is 12.6 Å². The number of allylic oxidation sites excluding steroid dienone is 2. The van der Waals surface area contributed by atoms with E-state index in [1.54, 1.807) is 18.2 Å². The van der Waals surface area contributed by atoms with Crippen LogP contribution in [-0.4, -0.2) is 19.1 Å². The third-order valence-corrected chi connectivity index (χ3v) is 3.33. The molecule has 21 heavy (non-hydrogen) atoms. The van der Waals surface area contributed by atoms with E-state index < -0.39 is 0 Å². The van der Waals surface area contributed by atoms with Crippen molar-refractivity contribution >= 4 is 5.97 Å². The highest BCUT2D eigenvalue weighted by molar-refractivity contribution is 5.69. The Bertz CT molecular complexity index is 321. The van der Waals surface area contributed by atoms with Crippen LogP contribution in [0.5, 0.6) is 0 Å². The molecule has 0 amide bonds. The van der Waals surface area contributed by atoms with Crippen molar-refractivity contribution in [3.8, 4) is 0 Å². The monoisotopic (exact) mass is 293 g/mol. The number of carbonyl (C=O) groups excluding carboxylic acids is 1. The molecule has 3 heteroatoms. The Kier molecular flexibility index (Phi) is 14.1. The molecule has 2 N–H and O–H groups in total. The van der Waals surface area contributed by atoms with Gasteiger partial charge in [-0.05, 0) is 25.0 Å². The van der Waals surface area contributed by atoms with Crippen LogP contribution in [0.15, 0.2) is 37.0 Å². The maximum atomic E-state index is 11.6.